The van der Waals surface area contributed by atoms with Crippen molar-refractivity contribution in [2.24, 2.45) is 5.92 Å². The topological polar surface area (TPSA) is 61.0 Å². The second-order valence-corrected chi connectivity index (χ2v) is 7.40. The van der Waals surface area contributed by atoms with Gasteiger partial charge in [-0.15, -0.1) is 0 Å². The average Bonchev–Trinajstić information content (AvgIpc) is 3.52. The van der Waals surface area contributed by atoms with Crippen molar-refractivity contribution in [1.82, 2.24) is 9.97 Å². The number of hydrogen-bond acceptors (Lipinski definition) is 4. The van der Waals surface area contributed by atoms with Crippen molar-refractivity contribution in [1.29, 1.82) is 0 Å². The van der Waals surface area contributed by atoms with E-state index in [1.54, 1.807) is 12.1 Å². The Balaban J connectivity index is 1.63. The summed E-state index contributed by atoms with van der Waals surface area (Å²) in [5.41, 5.74) is 8.64. The van der Waals surface area contributed by atoms with Crippen LogP contribution >= 0.6 is 11.6 Å². The van der Waals surface area contributed by atoms with Gasteiger partial charge in [0.15, 0.2) is 0 Å². The van der Waals surface area contributed by atoms with Crippen LogP contribution in [0.15, 0.2) is 48.5 Å². The highest BCUT2D eigenvalue weighted by molar-refractivity contribution is 6.32. The highest BCUT2D eigenvalue weighted by atomic mass is 35.5. The molecule has 0 spiro atoms. The third-order valence-corrected chi connectivity index (χ3v) is 5.39. The maximum absolute atomic E-state index is 13.0. The quantitative estimate of drug-likeness (QED) is 0.575. The van der Waals surface area contributed by atoms with Gasteiger partial charge in [0.1, 0.15) is 17.3 Å². The van der Waals surface area contributed by atoms with Gasteiger partial charge in [0.2, 0.25) is 5.95 Å². The van der Waals surface area contributed by atoms with E-state index >= 15 is 0 Å². The average molecular weight is 398 g/mol. The summed E-state index contributed by atoms with van der Waals surface area (Å²) in [5, 5.41) is 0.611. The summed E-state index contributed by atoms with van der Waals surface area (Å²) in [7, 11) is 0. The van der Waals surface area contributed by atoms with Crippen molar-refractivity contribution >= 4 is 17.5 Å². The number of rotatable bonds is 6. The highest BCUT2D eigenvalue weighted by Gasteiger charge is 2.36. The number of nitrogens with zero attached hydrogens (tertiary/aromatic N) is 2. The second-order valence-electron chi connectivity index (χ2n) is 7.02. The lowest BCUT2D eigenvalue weighted by molar-refractivity contribution is 0.480. The monoisotopic (exact) mass is 397 g/mol. The minimum Gasteiger partial charge on any atom is -0.457 e. The Hall–Kier alpha value is -2.66. The number of aromatic nitrogens is 2. The lowest BCUT2D eigenvalue weighted by atomic mass is 9.90. The van der Waals surface area contributed by atoms with Crippen molar-refractivity contribution in [3.63, 3.8) is 0 Å². The molecule has 4 rings (SSSR count). The fourth-order valence-corrected chi connectivity index (χ4v) is 3.77. The van der Waals surface area contributed by atoms with Gasteiger partial charge in [-0.2, -0.15) is 0 Å². The van der Waals surface area contributed by atoms with Crippen LogP contribution in [-0.2, 0) is 6.42 Å². The predicted octanol–water partition coefficient (Wildman–Crippen LogP) is 5.75. The van der Waals surface area contributed by atoms with E-state index in [1.807, 2.05) is 31.2 Å². The summed E-state index contributed by atoms with van der Waals surface area (Å²) in [5.74, 6) is 1.84. The van der Waals surface area contributed by atoms with E-state index in [4.69, 9.17) is 22.1 Å². The van der Waals surface area contributed by atoms with Crippen LogP contribution in [0.5, 0.6) is 11.5 Å². The Morgan fingerprint density at radius 3 is 2.25 bits per heavy atom. The molecule has 0 amide bonds. The molecule has 0 radical (unpaired) electrons. The molecule has 4 nitrogen and oxygen atoms in total. The van der Waals surface area contributed by atoms with E-state index < -0.39 is 0 Å². The van der Waals surface area contributed by atoms with E-state index in [2.05, 4.69) is 9.97 Å². The van der Waals surface area contributed by atoms with Crippen molar-refractivity contribution < 1.29 is 9.13 Å². The standard InChI is InChI=1S/C22H21ClFN3O/c1-2-18-20(23)21(27-22(25)26-18)19(13-3-4-13)14-5-9-16(10-6-14)28-17-11-7-15(24)8-12-17/h5-13,19H,2-4H2,1H3,(H2,25,26,27). The van der Waals surface area contributed by atoms with Crippen molar-refractivity contribution in [3.05, 3.63) is 76.3 Å². The molecule has 2 N–H and O–H groups in total. The number of aryl methyl sites for hydroxylation is 1. The first-order chi connectivity index (χ1) is 13.5. The van der Waals surface area contributed by atoms with Gasteiger partial charge in [-0.3, -0.25) is 0 Å². The molecule has 0 bridgehead atoms. The number of nitrogens with two attached hydrogens (primary N) is 1. The molecule has 1 unspecified atom stereocenters. The summed E-state index contributed by atoms with van der Waals surface area (Å²) < 4.78 is 18.8. The molecule has 1 atom stereocenters. The summed E-state index contributed by atoms with van der Waals surface area (Å²) >= 11 is 6.61. The Morgan fingerprint density at radius 2 is 1.68 bits per heavy atom. The molecule has 1 aliphatic carbocycles. The molecule has 144 valence electrons. The molecular weight excluding hydrogens is 377 g/mol. The zero-order valence-corrected chi connectivity index (χ0v) is 16.3. The van der Waals surface area contributed by atoms with Gasteiger partial charge < -0.3 is 10.5 Å². The summed E-state index contributed by atoms with van der Waals surface area (Å²) in [4.78, 5) is 8.75. The van der Waals surface area contributed by atoms with Crippen LogP contribution in [0.1, 0.15) is 42.6 Å². The lowest BCUT2D eigenvalue weighted by Crippen LogP contribution is -2.11. The van der Waals surface area contributed by atoms with Crippen LogP contribution < -0.4 is 10.5 Å². The summed E-state index contributed by atoms with van der Waals surface area (Å²) in [6.45, 7) is 2.01. The van der Waals surface area contributed by atoms with Crippen LogP contribution in [-0.4, -0.2) is 9.97 Å². The zero-order chi connectivity index (χ0) is 19.7. The van der Waals surface area contributed by atoms with Gasteiger partial charge in [0, 0.05) is 5.92 Å². The van der Waals surface area contributed by atoms with Gasteiger partial charge in [0.05, 0.1) is 16.4 Å². The van der Waals surface area contributed by atoms with E-state index in [0.29, 0.717) is 28.9 Å². The van der Waals surface area contributed by atoms with Crippen LogP contribution in [0, 0.1) is 11.7 Å². The number of ether oxygens (including phenoxy) is 1. The fraction of sp³-hybridized carbons (Fsp3) is 0.273. The molecule has 1 aromatic heterocycles. The minimum atomic E-state index is -0.289. The van der Waals surface area contributed by atoms with Crippen molar-refractivity contribution in [2.75, 3.05) is 5.73 Å². The van der Waals surface area contributed by atoms with Gasteiger partial charge >= 0.3 is 0 Å². The molecular formula is C22H21ClFN3O. The molecule has 6 heteroatoms. The van der Waals surface area contributed by atoms with E-state index in [9.17, 15) is 4.39 Å². The zero-order valence-electron chi connectivity index (χ0n) is 15.5. The molecule has 28 heavy (non-hydrogen) atoms. The van der Waals surface area contributed by atoms with Crippen molar-refractivity contribution in [2.45, 2.75) is 32.1 Å². The maximum atomic E-state index is 13.0. The lowest BCUT2D eigenvalue weighted by Gasteiger charge is -2.19. The third kappa shape index (κ3) is 3.94. The highest BCUT2D eigenvalue weighted by Crippen LogP contribution is 2.48. The number of halogens is 2. The number of anilines is 1. The van der Waals surface area contributed by atoms with Gasteiger partial charge in [-0.25, -0.2) is 14.4 Å². The Bertz CT molecular complexity index is 972. The van der Waals surface area contributed by atoms with E-state index in [-0.39, 0.29) is 17.7 Å². The number of benzene rings is 2. The van der Waals surface area contributed by atoms with Gasteiger partial charge in [0.25, 0.3) is 0 Å². The SMILES string of the molecule is CCc1nc(N)nc(C(c2ccc(Oc3ccc(F)cc3)cc2)C2CC2)c1Cl. The van der Waals surface area contributed by atoms with Gasteiger partial charge in [-0.05, 0) is 67.1 Å². The number of hydrogen-bond donors (Lipinski definition) is 1. The van der Waals surface area contributed by atoms with Gasteiger partial charge in [-0.1, -0.05) is 30.7 Å². The smallest absolute Gasteiger partial charge is 0.220 e. The van der Waals surface area contributed by atoms with E-state index in [0.717, 1.165) is 29.8 Å². The second kappa shape index (κ2) is 7.76. The first kappa shape index (κ1) is 18.7. The fourth-order valence-electron chi connectivity index (χ4n) is 3.44. The summed E-state index contributed by atoms with van der Waals surface area (Å²) in [6.07, 6.45) is 2.99. The van der Waals surface area contributed by atoms with Crippen LogP contribution in [0.4, 0.5) is 10.3 Å². The van der Waals surface area contributed by atoms with Crippen LogP contribution in [0.2, 0.25) is 5.02 Å². The molecule has 1 fully saturated rings. The Morgan fingerprint density at radius 1 is 1.07 bits per heavy atom. The third-order valence-electron chi connectivity index (χ3n) is 4.97. The largest absolute Gasteiger partial charge is 0.457 e. The molecule has 1 aliphatic rings. The summed E-state index contributed by atoms with van der Waals surface area (Å²) in [6, 6.07) is 13.8. The molecule has 2 aromatic carbocycles. The maximum Gasteiger partial charge on any atom is 0.220 e. The molecule has 1 saturated carbocycles. The Labute approximate surface area is 168 Å². The van der Waals surface area contributed by atoms with E-state index in [1.165, 1.54) is 12.1 Å². The number of nitrogen functional groups attached to an aromatic ring is 1. The predicted molar refractivity (Wildman–Crippen MR) is 108 cm³/mol. The Kier molecular flexibility index (Phi) is 5.18. The normalized spacial score (nSPS) is 14.7. The first-order valence-corrected chi connectivity index (χ1v) is 9.78. The molecule has 1 heterocycles. The van der Waals surface area contributed by atoms with Crippen LogP contribution in [0.3, 0.4) is 0 Å². The van der Waals surface area contributed by atoms with Crippen LogP contribution in [0.25, 0.3) is 0 Å². The molecule has 0 aliphatic heterocycles. The minimum absolute atomic E-state index is 0.0861. The molecule has 3 aromatic rings. The van der Waals surface area contributed by atoms with Crippen molar-refractivity contribution in [3.8, 4) is 11.5 Å². The first-order valence-electron chi connectivity index (χ1n) is 9.40. The molecule has 0 saturated heterocycles.